The number of benzene rings is 2. The summed E-state index contributed by atoms with van der Waals surface area (Å²) in [6.45, 7) is 0. The standard InChI is InChI=1S/C14H9BF6/c16-13(17,18)9-3-1-5-11(7-9)15-12-6-2-4-10(8-12)14(19,20)21/h1-8,15H. The van der Waals surface area contributed by atoms with E-state index in [0.29, 0.717) is 10.9 Å². The first-order valence-corrected chi connectivity index (χ1v) is 5.98. The fourth-order valence-corrected chi connectivity index (χ4v) is 1.95. The van der Waals surface area contributed by atoms with Crippen LogP contribution in [0.3, 0.4) is 0 Å². The van der Waals surface area contributed by atoms with Gasteiger partial charge in [0.05, 0.1) is 11.1 Å². The minimum Gasteiger partial charge on any atom is -0.166 e. The summed E-state index contributed by atoms with van der Waals surface area (Å²) in [5.41, 5.74) is -1.01. The molecule has 0 heterocycles. The van der Waals surface area contributed by atoms with Crippen molar-refractivity contribution in [1.29, 1.82) is 0 Å². The summed E-state index contributed by atoms with van der Waals surface area (Å²) >= 11 is 0. The highest BCUT2D eigenvalue weighted by atomic mass is 19.4. The average molecular weight is 302 g/mol. The Morgan fingerprint density at radius 2 is 1.00 bits per heavy atom. The molecule has 0 saturated carbocycles. The molecule has 0 N–H and O–H groups in total. The van der Waals surface area contributed by atoms with Gasteiger partial charge in [0.2, 0.25) is 0 Å². The molecule has 2 aromatic rings. The molecule has 0 aromatic heterocycles. The van der Waals surface area contributed by atoms with E-state index in [2.05, 4.69) is 0 Å². The number of alkyl halides is 6. The number of hydrogen-bond donors (Lipinski definition) is 0. The van der Waals surface area contributed by atoms with Crippen LogP contribution in [0.15, 0.2) is 48.5 Å². The summed E-state index contributed by atoms with van der Waals surface area (Å²) in [5, 5.41) is 0. The molecule has 0 aliphatic heterocycles. The van der Waals surface area contributed by atoms with E-state index in [1.165, 1.54) is 24.3 Å². The third kappa shape index (κ3) is 4.03. The minimum atomic E-state index is -4.47. The molecule has 21 heavy (non-hydrogen) atoms. The highest BCUT2D eigenvalue weighted by Crippen LogP contribution is 2.29. The topological polar surface area (TPSA) is 0 Å². The van der Waals surface area contributed by atoms with Gasteiger partial charge in [0.1, 0.15) is 0 Å². The van der Waals surface area contributed by atoms with Gasteiger partial charge < -0.3 is 0 Å². The van der Waals surface area contributed by atoms with Crippen LogP contribution >= 0.6 is 0 Å². The molecule has 0 spiro atoms. The highest BCUT2D eigenvalue weighted by molar-refractivity contribution is 6.67. The molecule has 0 aliphatic rings. The van der Waals surface area contributed by atoms with Crippen LogP contribution in [0.5, 0.6) is 0 Å². The normalized spacial score (nSPS) is 12.3. The molecule has 0 aliphatic carbocycles. The molecule has 0 unspecified atom stereocenters. The van der Waals surface area contributed by atoms with Crippen molar-refractivity contribution in [1.82, 2.24) is 0 Å². The maximum Gasteiger partial charge on any atom is 0.416 e. The van der Waals surface area contributed by atoms with Gasteiger partial charge in [-0.15, -0.1) is 0 Å². The fourth-order valence-electron chi connectivity index (χ4n) is 1.95. The smallest absolute Gasteiger partial charge is 0.166 e. The highest BCUT2D eigenvalue weighted by Gasteiger charge is 2.31. The van der Waals surface area contributed by atoms with Crippen LogP contribution in [0, 0.1) is 0 Å². The van der Waals surface area contributed by atoms with Crippen molar-refractivity contribution in [2.75, 3.05) is 0 Å². The van der Waals surface area contributed by atoms with Gasteiger partial charge in [-0.05, 0) is 0 Å². The molecule has 0 amide bonds. The monoisotopic (exact) mass is 302 g/mol. The Bertz CT molecular complexity index is 574. The van der Waals surface area contributed by atoms with Gasteiger partial charge in [0, 0.05) is 0 Å². The quantitative estimate of drug-likeness (QED) is 0.591. The average Bonchev–Trinajstić information content (AvgIpc) is 2.37. The molecular weight excluding hydrogens is 293 g/mol. The van der Waals surface area contributed by atoms with E-state index in [0.717, 1.165) is 24.3 Å². The Kier molecular flexibility index (Phi) is 4.03. The lowest BCUT2D eigenvalue weighted by atomic mass is 9.63. The number of hydrogen-bond acceptors (Lipinski definition) is 0. The lowest BCUT2D eigenvalue weighted by Gasteiger charge is -2.10. The Labute approximate surface area is 117 Å². The summed E-state index contributed by atoms with van der Waals surface area (Å²) in [4.78, 5) is 0. The summed E-state index contributed by atoms with van der Waals surface area (Å²) < 4.78 is 75.5. The van der Waals surface area contributed by atoms with Crippen molar-refractivity contribution in [3.63, 3.8) is 0 Å². The van der Waals surface area contributed by atoms with Crippen LogP contribution in [0.2, 0.25) is 0 Å². The van der Waals surface area contributed by atoms with Crippen molar-refractivity contribution >= 4 is 18.2 Å². The van der Waals surface area contributed by atoms with E-state index in [1.807, 2.05) is 0 Å². The van der Waals surface area contributed by atoms with Gasteiger partial charge in [0.25, 0.3) is 0 Å². The van der Waals surface area contributed by atoms with Crippen LogP contribution in [-0.2, 0) is 12.4 Å². The first-order chi connectivity index (χ1) is 9.66. The van der Waals surface area contributed by atoms with Crippen molar-refractivity contribution < 1.29 is 26.3 Å². The predicted octanol–water partition coefficient (Wildman–Crippen LogP) is 3.11. The van der Waals surface area contributed by atoms with Crippen LogP contribution in [0.4, 0.5) is 26.3 Å². The molecule has 0 bridgehead atoms. The van der Waals surface area contributed by atoms with Gasteiger partial charge in [-0.3, -0.25) is 0 Å². The van der Waals surface area contributed by atoms with Crippen LogP contribution < -0.4 is 10.9 Å². The van der Waals surface area contributed by atoms with E-state index < -0.39 is 23.5 Å². The van der Waals surface area contributed by atoms with Crippen LogP contribution in [0.25, 0.3) is 0 Å². The first-order valence-electron chi connectivity index (χ1n) is 5.98. The molecule has 2 rings (SSSR count). The molecular formula is C14H9BF6. The fraction of sp³-hybridized carbons (Fsp3) is 0.143. The van der Waals surface area contributed by atoms with E-state index in [9.17, 15) is 26.3 Å². The zero-order valence-corrected chi connectivity index (χ0v) is 10.6. The van der Waals surface area contributed by atoms with Crippen LogP contribution in [0.1, 0.15) is 11.1 Å². The molecule has 0 saturated heterocycles. The van der Waals surface area contributed by atoms with Gasteiger partial charge in [-0.1, -0.05) is 59.5 Å². The van der Waals surface area contributed by atoms with Crippen molar-refractivity contribution in [2.24, 2.45) is 0 Å². The summed E-state index contributed by atoms with van der Waals surface area (Å²) in [7, 11) is 0.00778. The van der Waals surface area contributed by atoms with Gasteiger partial charge in [-0.2, -0.15) is 26.3 Å². The molecule has 0 nitrogen and oxygen atoms in total. The molecule has 110 valence electrons. The third-order valence-electron chi connectivity index (χ3n) is 2.92. The molecule has 7 heteroatoms. The van der Waals surface area contributed by atoms with Crippen LogP contribution in [-0.4, -0.2) is 7.28 Å². The van der Waals surface area contributed by atoms with E-state index >= 15 is 0 Å². The van der Waals surface area contributed by atoms with E-state index in [-0.39, 0.29) is 7.28 Å². The second-order valence-electron chi connectivity index (χ2n) is 4.57. The molecule has 0 radical (unpaired) electrons. The Morgan fingerprint density at radius 3 is 1.33 bits per heavy atom. The second-order valence-corrected chi connectivity index (χ2v) is 4.57. The predicted molar refractivity (Wildman–Crippen MR) is 69.3 cm³/mol. The van der Waals surface area contributed by atoms with Gasteiger partial charge in [-0.25, -0.2) is 0 Å². The maximum absolute atomic E-state index is 12.6. The molecule has 0 atom stereocenters. The zero-order valence-electron chi connectivity index (χ0n) is 10.6. The summed E-state index contributed by atoms with van der Waals surface area (Å²) in [6, 6.07) is 9.13. The maximum atomic E-state index is 12.6. The van der Waals surface area contributed by atoms with Crippen molar-refractivity contribution in [3.05, 3.63) is 59.7 Å². The zero-order chi connectivity index (χ0) is 15.7. The summed E-state index contributed by atoms with van der Waals surface area (Å²) in [5.74, 6) is 0. The van der Waals surface area contributed by atoms with Crippen molar-refractivity contribution in [3.8, 4) is 0 Å². The Hall–Kier alpha value is -1.92. The van der Waals surface area contributed by atoms with Gasteiger partial charge >= 0.3 is 12.4 Å². The van der Waals surface area contributed by atoms with E-state index in [4.69, 9.17) is 0 Å². The number of rotatable bonds is 2. The second kappa shape index (κ2) is 5.46. The lowest BCUT2D eigenvalue weighted by Crippen LogP contribution is -2.28. The minimum absolute atomic E-state index is 0.00778. The third-order valence-corrected chi connectivity index (χ3v) is 2.92. The molecule has 0 fully saturated rings. The van der Waals surface area contributed by atoms with Crippen molar-refractivity contribution in [2.45, 2.75) is 12.4 Å². The Balaban J connectivity index is 2.27. The largest absolute Gasteiger partial charge is 0.416 e. The number of halogens is 6. The van der Waals surface area contributed by atoms with E-state index in [1.54, 1.807) is 0 Å². The molecule has 2 aromatic carbocycles. The van der Waals surface area contributed by atoms with Gasteiger partial charge in [0.15, 0.2) is 7.28 Å². The Morgan fingerprint density at radius 1 is 0.619 bits per heavy atom. The first kappa shape index (κ1) is 15.5. The summed E-state index contributed by atoms with van der Waals surface area (Å²) in [6.07, 6.45) is -8.94. The SMILES string of the molecule is FC(F)(F)c1cccc(Bc2cccc(C(F)(F)F)c2)c1. The lowest BCUT2D eigenvalue weighted by molar-refractivity contribution is -0.138.